The Morgan fingerprint density at radius 2 is 2.10 bits per heavy atom. The lowest BCUT2D eigenvalue weighted by Crippen LogP contribution is -2.23. The first kappa shape index (κ1) is 14.6. The van der Waals surface area contributed by atoms with Gasteiger partial charge in [0.2, 0.25) is 10.0 Å². The van der Waals surface area contributed by atoms with Gasteiger partial charge in [-0.3, -0.25) is 4.98 Å². The number of sulfonamides is 1. The Labute approximate surface area is 130 Å². The van der Waals surface area contributed by atoms with Gasteiger partial charge in [0.1, 0.15) is 4.90 Å². The molecule has 0 saturated carbocycles. The van der Waals surface area contributed by atoms with E-state index in [0.717, 1.165) is 9.58 Å². The Morgan fingerprint density at radius 3 is 2.81 bits per heavy atom. The van der Waals surface area contributed by atoms with Crippen LogP contribution in [-0.2, 0) is 23.2 Å². The zero-order chi connectivity index (χ0) is 14.9. The summed E-state index contributed by atoms with van der Waals surface area (Å²) in [6.07, 6.45) is 1.63. The number of aromatic nitrogens is 1. The van der Waals surface area contributed by atoms with Crippen LogP contribution in [0.25, 0.3) is 10.1 Å². The number of hydrogen-bond donors (Lipinski definition) is 2. The largest absolute Gasteiger partial charge is 0.391 e. The zero-order valence-corrected chi connectivity index (χ0v) is 13.3. The van der Waals surface area contributed by atoms with Gasteiger partial charge in [-0.25, -0.2) is 13.1 Å². The van der Waals surface area contributed by atoms with E-state index in [-0.39, 0.29) is 18.0 Å². The van der Waals surface area contributed by atoms with Crippen LogP contribution < -0.4 is 4.72 Å². The number of aliphatic hydroxyl groups excluding tert-OH is 1. The SMILES string of the molecule is O=S(=O)(NCc1cncs1)c1c(CO)sc2ccccc12. The lowest BCUT2D eigenvalue weighted by molar-refractivity contribution is 0.283. The maximum absolute atomic E-state index is 12.6. The highest BCUT2D eigenvalue weighted by Crippen LogP contribution is 2.34. The van der Waals surface area contributed by atoms with E-state index in [4.69, 9.17) is 0 Å². The van der Waals surface area contributed by atoms with Gasteiger partial charge in [0.05, 0.1) is 17.0 Å². The van der Waals surface area contributed by atoms with Gasteiger partial charge in [-0.2, -0.15) is 0 Å². The van der Waals surface area contributed by atoms with Crippen LogP contribution in [0.2, 0.25) is 0 Å². The van der Waals surface area contributed by atoms with E-state index < -0.39 is 10.0 Å². The van der Waals surface area contributed by atoms with Crippen LogP contribution in [0.15, 0.2) is 40.9 Å². The third-order valence-corrected chi connectivity index (χ3v) is 6.54. The van der Waals surface area contributed by atoms with E-state index in [1.807, 2.05) is 12.1 Å². The van der Waals surface area contributed by atoms with Crippen LogP contribution in [0.5, 0.6) is 0 Å². The van der Waals surface area contributed by atoms with Gasteiger partial charge in [-0.15, -0.1) is 22.7 Å². The summed E-state index contributed by atoms with van der Waals surface area (Å²) in [6, 6.07) is 7.24. The molecule has 5 nitrogen and oxygen atoms in total. The lowest BCUT2D eigenvalue weighted by Gasteiger charge is -2.06. The first-order valence-electron chi connectivity index (χ1n) is 6.10. The zero-order valence-electron chi connectivity index (χ0n) is 10.8. The second kappa shape index (κ2) is 5.82. The average Bonchev–Trinajstić information content (AvgIpc) is 3.12. The van der Waals surface area contributed by atoms with E-state index in [9.17, 15) is 13.5 Å². The normalized spacial score (nSPS) is 12.0. The van der Waals surface area contributed by atoms with Crippen molar-refractivity contribution in [2.45, 2.75) is 18.0 Å². The van der Waals surface area contributed by atoms with E-state index in [1.54, 1.807) is 23.8 Å². The Balaban J connectivity index is 2.01. The fourth-order valence-electron chi connectivity index (χ4n) is 2.04. The highest BCUT2D eigenvalue weighted by Gasteiger charge is 2.23. The maximum Gasteiger partial charge on any atom is 0.242 e. The van der Waals surface area contributed by atoms with Crippen LogP contribution in [0, 0.1) is 0 Å². The lowest BCUT2D eigenvalue weighted by atomic mass is 10.2. The number of hydrogen-bond acceptors (Lipinski definition) is 6. The van der Waals surface area contributed by atoms with Gasteiger partial charge in [-0.05, 0) is 6.07 Å². The predicted molar refractivity (Wildman–Crippen MR) is 83.9 cm³/mol. The number of nitrogens with zero attached hydrogens (tertiary/aromatic N) is 1. The molecule has 0 aliphatic heterocycles. The first-order chi connectivity index (χ1) is 10.1. The summed E-state index contributed by atoms with van der Waals surface area (Å²) in [6.45, 7) is -0.0990. The summed E-state index contributed by atoms with van der Waals surface area (Å²) in [5, 5.41) is 10.1. The molecule has 2 heterocycles. The van der Waals surface area contributed by atoms with Gasteiger partial charge in [0, 0.05) is 27.7 Å². The third kappa shape index (κ3) is 2.85. The number of thiophene rings is 1. The molecule has 0 fully saturated rings. The van der Waals surface area contributed by atoms with Crippen LogP contribution in [-0.4, -0.2) is 18.5 Å². The monoisotopic (exact) mass is 340 g/mol. The summed E-state index contributed by atoms with van der Waals surface area (Å²) in [5.74, 6) is 0. The Morgan fingerprint density at radius 1 is 1.29 bits per heavy atom. The van der Waals surface area contributed by atoms with Crippen molar-refractivity contribution in [1.29, 1.82) is 0 Å². The number of rotatable bonds is 5. The second-order valence-corrected chi connectivity index (χ2v) is 8.11. The predicted octanol–water partition coefficient (Wildman–Crippen LogP) is 2.33. The Kier molecular flexibility index (Phi) is 4.05. The molecule has 0 amide bonds. The van der Waals surface area contributed by atoms with E-state index in [0.29, 0.717) is 10.3 Å². The van der Waals surface area contributed by atoms with Crippen molar-refractivity contribution in [1.82, 2.24) is 9.71 Å². The van der Waals surface area contributed by atoms with Gasteiger partial charge >= 0.3 is 0 Å². The minimum Gasteiger partial charge on any atom is -0.391 e. The number of fused-ring (bicyclic) bond motifs is 1. The molecule has 110 valence electrons. The highest BCUT2D eigenvalue weighted by molar-refractivity contribution is 7.90. The number of thiazole rings is 1. The molecular formula is C13H12N2O3S3. The van der Waals surface area contributed by atoms with Gasteiger partial charge < -0.3 is 5.11 Å². The number of nitrogens with one attached hydrogen (secondary N) is 1. The molecule has 21 heavy (non-hydrogen) atoms. The summed E-state index contributed by atoms with van der Waals surface area (Å²) >= 11 is 2.68. The van der Waals surface area contributed by atoms with Crippen molar-refractivity contribution in [2.24, 2.45) is 0 Å². The van der Waals surface area contributed by atoms with Crippen molar-refractivity contribution in [2.75, 3.05) is 0 Å². The number of aliphatic hydroxyl groups is 1. The molecule has 2 aromatic heterocycles. The minimum atomic E-state index is -3.68. The van der Waals surface area contributed by atoms with Gasteiger partial charge in [-0.1, -0.05) is 18.2 Å². The molecule has 0 spiro atoms. The summed E-state index contributed by atoms with van der Waals surface area (Å²) < 4.78 is 28.5. The van der Waals surface area contributed by atoms with Crippen molar-refractivity contribution < 1.29 is 13.5 Å². The van der Waals surface area contributed by atoms with Gasteiger partial charge in [0.15, 0.2) is 0 Å². The molecule has 0 aliphatic rings. The van der Waals surface area contributed by atoms with Gasteiger partial charge in [0.25, 0.3) is 0 Å². The maximum atomic E-state index is 12.6. The molecule has 3 rings (SSSR count). The Bertz CT molecular complexity index is 854. The first-order valence-corrected chi connectivity index (χ1v) is 9.28. The minimum absolute atomic E-state index is 0.176. The average molecular weight is 340 g/mol. The molecule has 1 aromatic carbocycles. The molecule has 0 atom stereocenters. The fourth-order valence-corrected chi connectivity index (χ4v) is 5.46. The van der Waals surface area contributed by atoms with E-state index >= 15 is 0 Å². The van der Waals surface area contributed by atoms with Crippen molar-refractivity contribution >= 4 is 42.8 Å². The molecule has 8 heteroatoms. The Hall–Kier alpha value is -1.32. The van der Waals surface area contributed by atoms with Crippen molar-refractivity contribution in [3.8, 4) is 0 Å². The van der Waals surface area contributed by atoms with E-state index in [1.165, 1.54) is 22.7 Å². The number of benzene rings is 1. The highest BCUT2D eigenvalue weighted by atomic mass is 32.2. The smallest absolute Gasteiger partial charge is 0.242 e. The quantitative estimate of drug-likeness (QED) is 0.747. The van der Waals surface area contributed by atoms with Crippen molar-refractivity contribution in [3.05, 3.63) is 45.7 Å². The topological polar surface area (TPSA) is 79.3 Å². The summed E-state index contributed by atoms with van der Waals surface area (Å²) in [7, 11) is -3.68. The molecule has 0 aliphatic carbocycles. The van der Waals surface area contributed by atoms with Crippen LogP contribution in [0.1, 0.15) is 9.75 Å². The molecule has 3 aromatic rings. The van der Waals surface area contributed by atoms with Crippen LogP contribution in [0.4, 0.5) is 0 Å². The summed E-state index contributed by atoms with van der Waals surface area (Å²) in [4.78, 5) is 5.38. The summed E-state index contributed by atoms with van der Waals surface area (Å²) in [5.41, 5.74) is 1.66. The fraction of sp³-hybridized carbons (Fsp3) is 0.154. The second-order valence-electron chi connectivity index (χ2n) is 4.30. The standard InChI is InChI=1S/C13H12N2O3S3/c16-7-12-13(10-3-1-2-4-11(10)20-12)21(17,18)15-6-9-5-14-8-19-9/h1-5,8,15-16H,6-7H2. The molecule has 2 N–H and O–H groups in total. The third-order valence-electron chi connectivity index (χ3n) is 2.95. The molecule has 0 saturated heterocycles. The molecule has 0 bridgehead atoms. The molecule has 0 radical (unpaired) electrons. The van der Waals surface area contributed by atoms with Crippen LogP contribution >= 0.6 is 22.7 Å². The van der Waals surface area contributed by atoms with Crippen molar-refractivity contribution in [3.63, 3.8) is 0 Å². The molecular weight excluding hydrogens is 328 g/mol. The van der Waals surface area contributed by atoms with Crippen LogP contribution in [0.3, 0.4) is 0 Å². The molecule has 0 unspecified atom stereocenters. The van der Waals surface area contributed by atoms with E-state index in [2.05, 4.69) is 9.71 Å².